The molecule has 2 aromatic rings. The van der Waals surface area contributed by atoms with Gasteiger partial charge in [0.15, 0.2) is 0 Å². The lowest BCUT2D eigenvalue weighted by Crippen LogP contribution is -2.32. The van der Waals surface area contributed by atoms with Crippen LogP contribution in [0.15, 0.2) is 35.1 Å². The number of nitrogens with zero attached hydrogens (tertiary/aromatic N) is 3. The molecule has 6 nitrogen and oxygen atoms in total. The number of aliphatic hydroxyl groups excluding tert-OH is 1. The third-order valence-corrected chi connectivity index (χ3v) is 4.73. The number of alkyl halides is 2. The molecule has 1 saturated heterocycles. The lowest BCUT2D eigenvalue weighted by molar-refractivity contribution is -0.0504. The summed E-state index contributed by atoms with van der Waals surface area (Å²) in [5, 5.41) is 12.6. The number of hydrogen-bond donors (Lipinski definition) is 2. The number of aliphatic hydroxyl groups is 1. The number of ether oxygens (including phenoxy) is 1. The quantitative estimate of drug-likeness (QED) is 0.703. The highest BCUT2D eigenvalue weighted by molar-refractivity contribution is 9.10. The van der Waals surface area contributed by atoms with E-state index >= 15 is 0 Å². The highest BCUT2D eigenvalue weighted by atomic mass is 79.9. The highest BCUT2D eigenvalue weighted by Crippen LogP contribution is 2.27. The average molecular weight is 429 g/mol. The van der Waals surface area contributed by atoms with Crippen molar-refractivity contribution in [1.82, 2.24) is 9.97 Å². The molecule has 1 aliphatic rings. The van der Waals surface area contributed by atoms with Crippen LogP contribution in [0, 0.1) is 0 Å². The van der Waals surface area contributed by atoms with E-state index < -0.39 is 6.61 Å². The standard InChI is InChI=1S/C17H19BrF2N4O2/c18-12-3-4-14(26-17(19)20)11(6-12)8-21-15-7-16(23-10-22-15)24-5-1-2-13(24)9-25/h3-4,6-7,10,13,17,25H,1-2,5,8-9H2,(H,21,22,23). The Bertz CT molecular complexity index is 750. The van der Waals surface area contributed by atoms with E-state index in [-0.39, 0.29) is 24.9 Å². The van der Waals surface area contributed by atoms with Crippen LogP contribution in [0.25, 0.3) is 0 Å². The molecule has 9 heteroatoms. The van der Waals surface area contributed by atoms with E-state index in [0.29, 0.717) is 11.4 Å². The molecule has 1 aliphatic heterocycles. The van der Waals surface area contributed by atoms with Gasteiger partial charge in [0.25, 0.3) is 0 Å². The Kier molecular flexibility index (Phi) is 6.20. The van der Waals surface area contributed by atoms with Gasteiger partial charge in [-0.25, -0.2) is 9.97 Å². The molecule has 1 aromatic carbocycles. The van der Waals surface area contributed by atoms with Gasteiger partial charge in [0.05, 0.1) is 12.6 Å². The van der Waals surface area contributed by atoms with Crippen LogP contribution in [-0.4, -0.2) is 40.9 Å². The molecule has 1 atom stereocenters. The van der Waals surface area contributed by atoms with E-state index in [1.807, 2.05) is 0 Å². The van der Waals surface area contributed by atoms with Gasteiger partial charge in [0.2, 0.25) is 0 Å². The normalized spacial score (nSPS) is 17.0. The maximum absolute atomic E-state index is 12.6. The van der Waals surface area contributed by atoms with Crippen molar-refractivity contribution in [3.05, 3.63) is 40.6 Å². The molecule has 1 unspecified atom stereocenters. The van der Waals surface area contributed by atoms with Gasteiger partial charge in [-0.15, -0.1) is 0 Å². The summed E-state index contributed by atoms with van der Waals surface area (Å²) in [6.07, 6.45) is 3.38. The molecule has 3 rings (SSSR count). The molecule has 0 aliphatic carbocycles. The minimum absolute atomic E-state index is 0.0638. The van der Waals surface area contributed by atoms with Gasteiger partial charge in [-0.05, 0) is 31.0 Å². The van der Waals surface area contributed by atoms with Crippen molar-refractivity contribution in [2.24, 2.45) is 0 Å². The molecule has 140 valence electrons. The smallest absolute Gasteiger partial charge is 0.387 e. The average Bonchev–Trinajstić information content (AvgIpc) is 3.10. The van der Waals surface area contributed by atoms with Crippen LogP contribution in [0.1, 0.15) is 18.4 Å². The Morgan fingerprint density at radius 2 is 2.19 bits per heavy atom. The Morgan fingerprint density at radius 1 is 1.35 bits per heavy atom. The predicted octanol–water partition coefficient (Wildman–Crippen LogP) is 3.41. The molecule has 0 spiro atoms. The molecule has 0 radical (unpaired) electrons. The number of rotatable bonds is 7. The first-order valence-corrected chi connectivity index (χ1v) is 9.03. The van der Waals surface area contributed by atoms with Gasteiger partial charge in [0, 0.05) is 29.2 Å². The lowest BCUT2D eigenvalue weighted by Gasteiger charge is -2.24. The minimum Gasteiger partial charge on any atom is -0.434 e. The summed E-state index contributed by atoms with van der Waals surface area (Å²) < 4.78 is 30.4. The number of benzene rings is 1. The predicted molar refractivity (Wildman–Crippen MR) is 97.6 cm³/mol. The van der Waals surface area contributed by atoms with Crippen molar-refractivity contribution in [2.75, 3.05) is 23.4 Å². The Balaban J connectivity index is 1.72. The Labute approximate surface area is 158 Å². The molecule has 1 fully saturated rings. The second kappa shape index (κ2) is 8.59. The second-order valence-corrected chi connectivity index (χ2v) is 6.83. The molecule has 0 saturated carbocycles. The van der Waals surface area contributed by atoms with Crippen LogP contribution < -0.4 is 15.0 Å². The van der Waals surface area contributed by atoms with Crippen LogP contribution in [0.5, 0.6) is 5.75 Å². The largest absolute Gasteiger partial charge is 0.434 e. The molecule has 0 bridgehead atoms. The van der Waals surface area contributed by atoms with E-state index in [1.165, 1.54) is 12.4 Å². The van der Waals surface area contributed by atoms with Crippen molar-refractivity contribution in [3.63, 3.8) is 0 Å². The number of anilines is 2. The van der Waals surface area contributed by atoms with Crippen LogP contribution in [0.4, 0.5) is 20.4 Å². The molecule has 2 heterocycles. The van der Waals surface area contributed by atoms with Crippen molar-refractivity contribution in [2.45, 2.75) is 32.0 Å². The fraction of sp³-hybridized carbons (Fsp3) is 0.412. The Morgan fingerprint density at radius 3 is 2.96 bits per heavy atom. The van der Waals surface area contributed by atoms with Crippen LogP contribution in [0.3, 0.4) is 0 Å². The van der Waals surface area contributed by atoms with Crippen molar-refractivity contribution in [1.29, 1.82) is 0 Å². The first-order valence-electron chi connectivity index (χ1n) is 8.23. The van der Waals surface area contributed by atoms with Gasteiger partial charge >= 0.3 is 6.61 Å². The maximum Gasteiger partial charge on any atom is 0.387 e. The number of nitrogens with one attached hydrogen (secondary N) is 1. The van der Waals surface area contributed by atoms with Crippen LogP contribution >= 0.6 is 15.9 Å². The summed E-state index contributed by atoms with van der Waals surface area (Å²) in [7, 11) is 0. The zero-order valence-electron chi connectivity index (χ0n) is 13.9. The first kappa shape index (κ1) is 18.8. The fourth-order valence-corrected chi connectivity index (χ4v) is 3.42. The summed E-state index contributed by atoms with van der Waals surface area (Å²) in [4.78, 5) is 10.5. The molecule has 1 aromatic heterocycles. The Hall–Kier alpha value is -2.00. The van der Waals surface area contributed by atoms with Crippen molar-refractivity contribution >= 4 is 27.6 Å². The number of halogens is 3. The summed E-state index contributed by atoms with van der Waals surface area (Å²) in [5.74, 6) is 1.42. The van der Waals surface area contributed by atoms with Crippen LogP contribution in [0.2, 0.25) is 0 Å². The maximum atomic E-state index is 12.6. The summed E-state index contributed by atoms with van der Waals surface area (Å²) in [6.45, 7) is -1.70. The zero-order valence-corrected chi connectivity index (χ0v) is 15.5. The zero-order chi connectivity index (χ0) is 18.5. The summed E-state index contributed by atoms with van der Waals surface area (Å²) in [6, 6.07) is 6.71. The van der Waals surface area contributed by atoms with Gasteiger partial charge in [-0.3, -0.25) is 0 Å². The monoisotopic (exact) mass is 428 g/mol. The summed E-state index contributed by atoms with van der Waals surface area (Å²) >= 11 is 3.33. The molecular weight excluding hydrogens is 410 g/mol. The van der Waals surface area contributed by atoms with E-state index in [9.17, 15) is 13.9 Å². The van der Waals surface area contributed by atoms with E-state index in [1.54, 1.807) is 18.2 Å². The van der Waals surface area contributed by atoms with E-state index in [2.05, 4.69) is 40.9 Å². The van der Waals surface area contributed by atoms with Gasteiger partial charge < -0.3 is 20.1 Å². The molecule has 0 amide bonds. The third-order valence-electron chi connectivity index (χ3n) is 4.23. The van der Waals surface area contributed by atoms with Gasteiger partial charge in [-0.1, -0.05) is 15.9 Å². The third kappa shape index (κ3) is 4.59. The number of aromatic nitrogens is 2. The topological polar surface area (TPSA) is 70.5 Å². The summed E-state index contributed by atoms with van der Waals surface area (Å²) in [5.41, 5.74) is 0.578. The van der Waals surface area contributed by atoms with Crippen molar-refractivity contribution in [3.8, 4) is 5.75 Å². The van der Waals surface area contributed by atoms with Gasteiger partial charge in [-0.2, -0.15) is 8.78 Å². The van der Waals surface area contributed by atoms with Crippen molar-refractivity contribution < 1.29 is 18.6 Å². The van der Waals surface area contributed by atoms with E-state index in [0.717, 1.165) is 29.7 Å². The molecule has 2 N–H and O–H groups in total. The second-order valence-electron chi connectivity index (χ2n) is 5.92. The van der Waals surface area contributed by atoms with Crippen LogP contribution in [-0.2, 0) is 6.54 Å². The van der Waals surface area contributed by atoms with Gasteiger partial charge in [0.1, 0.15) is 23.7 Å². The first-order chi connectivity index (χ1) is 12.6. The number of hydrogen-bond acceptors (Lipinski definition) is 6. The van der Waals surface area contributed by atoms with E-state index in [4.69, 9.17) is 0 Å². The highest BCUT2D eigenvalue weighted by Gasteiger charge is 2.25. The molecular formula is C17H19BrF2N4O2. The lowest BCUT2D eigenvalue weighted by atomic mass is 10.2. The SMILES string of the molecule is OCC1CCCN1c1cc(NCc2cc(Br)ccc2OC(F)F)ncn1. The molecule has 26 heavy (non-hydrogen) atoms. The minimum atomic E-state index is -2.88. The fourth-order valence-electron chi connectivity index (χ4n) is 3.01.